The minimum Gasteiger partial charge on any atom is -0.368 e. The summed E-state index contributed by atoms with van der Waals surface area (Å²) in [5, 5.41) is 1.99. The van der Waals surface area contributed by atoms with Gasteiger partial charge < -0.3 is 14.4 Å². The van der Waals surface area contributed by atoms with Gasteiger partial charge in [0.1, 0.15) is 6.33 Å². The minimum atomic E-state index is -3.72. The number of carbonyl (C=O) groups excluding carboxylic acids is 1. The summed E-state index contributed by atoms with van der Waals surface area (Å²) in [6.45, 7) is 4.61. The van der Waals surface area contributed by atoms with Crippen LogP contribution in [0, 0.1) is 0 Å². The van der Waals surface area contributed by atoms with Crippen molar-refractivity contribution in [3.05, 3.63) is 66.1 Å². The molecule has 5 rings (SSSR count). The quantitative estimate of drug-likeness (QED) is 0.363. The Bertz CT molecular complexity index is 1480. The van der Waals surface area contributed by atoms with Gasteiger partial charge in [-0.2, -0.15) is 4.37 Å². The molecule has 4 aromatic rings. The molecule has 1 N–H and O–H groups in total. The number of aromatic nitrogens is 3. The first-order valence-corrected chi connectivity index (χ1v) is 14.1. The Hall–Kier alpha value is -3.15. The maximum Gasteiger partial charge on any atom is 0.263 e. The highest BCUT2D eigenvalue weighted by atomic mass is 35.5. The molecule has 0 bridgehead atoms. The third-order valence-corrected chi connectivity index (χ3v) is 8.64. The number of anilines is 2. The normalized spacial score (nSPS) is 16.4. The van der Waals surface area contributed by atoms with Gasteiger partial charge in [-0.3, -0.25) is 9.52 Å². The molecule has 9 nitrogen and oxygen atoms in total. The molecule has 1 saturated heterocycles. The predicted molar refractivity (Wildman–Crippen MR) is 146 cm³/mol. The van der Waals surface area contributed by atoms with Gasteiger partial charge in [-0.15, -0.1) is 0 Å². The summed E-state index contributed by atoms with van der Waals surface area (Å²) >= 11 is 7.05. The second kappa shape index (κ2) is 10.1. The molecule has 0 spiro atoms. The van der Waals surface area contributed by atoms with E-state index in [4.69, 9.17) is 11.6 Å². The number of piperazine rings is 1. The van der Waals surface area contributed by atoms with Crippen LogP contribution in [-0.4, -0.2) is 58.8 Å². The van der Waals surface area contributed by atoms with Gasteiger partial charge in [0.15, 0.2) is 0 Å². The van der Waals surface area contributed by atoms with Gasteiger partial charge in [0, 0.05) is 80.8 Å². The second-order valence-corrected chi connectivity index (χ2v) is 11.6. The van der Waals surface area contributed by atoms with Crippen molar-refractivity contribution in [2.75, 3.05) is 29.3 Å². The molecule has 1 aliphatic heterocycles. The molecule has 1 atom stereocenters. The number of aryl methyl sites for hydroxylation is 1. The molecular weight excluding hydrogens is 520 g/mol. The number of halogens is 1. The lowest BCUT2D eigenvalue weighted by Gasteiger charge is -2.41. The monoisotopic (exact) mass is 548 g/mol. The first-order valence-electron chi connectivity index (χ1n) is 11.5. The Morgan fingerprint density at radius 2 is 2.00 bits per heavy atom. The van der Waals surface area contributed by atoms with Gasteiger partial charge in [-0.05, 0) is 55.5 Å². The van der Waals surface area contributed by atoms with E-state index in [-0.39, 0.29) is 24.8 Å². The van der Waals surface area contributed by atoms with Crippen molar-refractivity contribution >= 4 is 60.8 Å². The second-order valence-electron chi connectivity index (χ2n) is 8.69. The van der Waals surface area contributed by atoms with E-state index in [2.05, 4.69) is 23.5 Å². The van der Waals surface area contributed by atoms with Crippen molar-refractivity contribution < 1.29 is 16.1 Å². The molecular formula is C24H29ClN6O3S2. The molecule has 36 heavy (non-hydrogen) atoms. The summed E-state index contributed by atoms with van der Waals surface area (Å²) in [6.07, 6.45) is 3.71. The number of carbonyl (C=O) groups is 1. The van der Waals surface area contributed by atoms with Crippen molar-refractivity contribution in [1.82, 2.24) is 18.8 Å². The van der Waals surface area contributed by atoms with Crippen LogP contribution in [0.15, 0.2) is 66.0 Å². The topological polar surface area (TPSA) is 100 Å². The number of nitrogens with one attached hydrogen (secondary N) is 1. The standard InChI is InChI=1S/C24H25ClN6O3S2.2H2/c1-17-15-30(20-3-5-21(6-4-20)36(33,34)28-24-26-16-27-35-24)12-13-31(17)23(32)9-11-29-10-8-18-14-19(25)2-7-22(18)29;;/h2-8,10,14,16-17H,9,11-13,15H2,1H3,(H,26,27,28);2*1H/t17-;;/m0../s1. The highest BCUT2D eigenvalue weighted by Crippen LogP contribution is 2.24. The van der Waals surface area contributed by atoms with E-state index in [9.17, 15) is 13.2 Å². The van der Waals surface area contributed by atoms with Crippen molar-refractivity contribution in [3.63, 3.8) is 0 Å². The SMILES string of the molecule is C[C@H]1CN(c2ccc(S(=O)(=O)Nc3ncns3)cc2)CCN1C(=O)CCn1ccc2cc(Cl)ccc21.[HH].[HH]. The van der Waals surface area contributed by atoms with E-state index in [0.717, 1.165) is 28.1 Å². The lowest BCUT2D eigenvalue weighted by molar-refractivity contribution is -0.133. The summed E-state index contributed by atoms with van der Waals surface area (Å²) in [5.41, 5.74) is 1.98. The Labute approximate surface area is 221 Å². The molecule has 1 aliphatic rings. The van der Waals surface area contributed by atoms with Crippen molar-refractivity contribution in [2.24, 2.45) is 0 Å². The zero-order chi connectivity index (χ0) is 25.3. The molecule has 3 heterocycles. The van der Waals surface area contributed by atoms with Crippen LogP contribution in [0.2, 0.25) is 5.02 Å². The number of rotatable bonds is 7. The third-order valence-electron chi connectivity index (χ3n) is 6.34. The van der Waals surface area contributed by atoms with Crippen LogP contribution in [0.3, 0.4) is 0 Å². The Morgan fingerprint density at radius 1 is 1.19 bits per heavy atom. The number of sulfonamides is 1. The van der Waals surface area contributed by atoms with E-state index in [0.29, 0.717) is 37.6 Å². The summed E-state index contributed by atoms with van der Waals surface area (Å²) in [7, 11) is -3.72. The first kappa shape index (κ1) is 24.5. The summed E-state index contributed by atoms with van der Waals surface area (Å²) in [5.74, 6) is 0.127. The number of amides is 1. The highest BCUT2D eigenvalue weighted by Gasteiger charge is 2.27. The van der Waals surface area contributed by atoms with Crippen LogP contribution in [0.25, 0.3) is 10.9 Å². The van der Waals surface area contributed by atoms with Crippen molar-refractivity contribution in [2.45, 2.75) is 30.8 Å². The van der Waals surface area contributed by atoms with Crippen LogP contribution in [0.1, 0.15) is 16.2 Å². The summed E-state index contributed by atoms with van der Waals surface area (Å²) in [4.78, 5) is 21.1. The smallest absolute Gasteiger partial charge is 0.263 e. The third kappa shape index (κ3) is 5.18. The van der Waals surface area contributed by atoms with Crippen molar-refractivity contribution in [1.29, 1.82) is 0 Å². The number of nitrogens with zero attached hydrogens (tertiary/aromatic N) is 5. The van der Waals surface area contributed by atoms with Gasteiger partial charge in [-0.1, -0.05) is 11.6 Å². The average Bonchev–Trinajstić information content (AvgIpc) is 3.51. The van der Waals surface area contributed by atoms with Crippen LogP contribution >= 0.6 is 23.1 Å². The lowest BCUT2D eigenvalue weighted by atomic mass is 10.1. The van der Waals surface area contributed by atoms with Crippen LogP contribution < -0.4 is 9.62 Å². The van der Waals surface area contributed by atoms with E-state index in [1.165, 1.54) is 6.33 Å². The fourth-order valence-corrected chi connectivity index (χ4v) is 6.36. The summed E-state index contributed by atoms with van der Waals surface area (Å²) in [6, 6.07) is 14.6. The number of fused-ring (bicyclic) bond motifs is 1. The van der Waals surface area contributed by atoms with Crippen molar-refractivity contribution in [3.8, 4) is 0 Å². The molecule has 2 aromatic heterocycles. The molecule has 0 saturated carbocycles. The van der Waals surface area contributed by atoms with Crippen LogP contribution in [0.5, 0.6) is 0 Å². The Balaban J connectivity index is 0.00000200. The fraction of sp³-hybridized carbons (Fsp3) is 0.292. The average molecular weight is 549 g/mol. The zero-order valence-electron chi connectivity index (χ0n) is 19.5. The van der Waals surface area contributed by atoms with Gasteiger partial charge in [0.25, 0.3) is 10.0 Å². The fourth-order valence-electron chi connectivity index (χ4n) is 4.52. The molecule has 1 fully saturated rings. The minimum absolute atomic E-state index is 0. The zero-order valence-corrected chi connectivity index (χ0v) is 21.9. The van der Waals surface area contributed by atoms with Crippen LogP contribution in [-0.2, 0) is 21.4 Å². The van der Waals surface area contributed by atoms with Gasteiger partial charge in [0.05, 0.1) is 4.90 Å². The Kier molecular flexibility index (Phi) is 6.87. The number of hydrogen-bond acceptors (Lipinski definition) is 7. The largest absolute Gasteiger partial charge is 0.368 e. The van der Waals surface area contributed by atoms with Gasteiger partial charge in [-0.25, -0.2) is 13.4 Å². The molecule has 0 radical (unpaired) electrons. The van der Waals surface area contributed by atoms with Gasteiger partial charge >= 0.3 is 0 Å². The molecule has 192 valence electrons. The highest BCUT2D eigenvalue weighted by molar-refractivity contribution is 7.93. The number of benzene rings is 2. The maximum atomic E-state index is 13.0. The molecule has 0 aliphatic carbocycles. The first-order chi connectivity index (χ1) is 17.3. The number of hydrogen-bond donors (Lipinski definition) is 1. The van der Waals surface area contributed by atoms with E-state index in [1.54, 1.807) is 24.3 Å². The van der Waals surface area contributed by atoms with Crippen LogP contribution in [0.4, 0.5) is 10.8 Å². The molecule has 2 aromatic carbocycles. The van der Waals surface area contributed by atoms with E-state index >= 15 is 0 Å². The van der Waals surface area contributed by atoms with E-state index in [1.807, 2.05) is 42.3 Å². The Morgan fingerprint density at radius 3 is 2.72 bits per heavy atom. The molecule has 1 amide bonds. The predicted octanol–water partition coefficient (Wildman–Crippen LogP) is 4.57. The van der Waals surface area contributed by atoms with Gasteiger partial charge in [0.2, 0.25) is 11.0 Å². The molecule has 12 heteroatoms. The lowest BCUT2D eigenvalue weighted by Crippen LogP contribution is -2.54. The molecule has 0 unspecified atom stereocenters. The summed E-state index contributed by atoms with van der Waals surface area (Å²) < 4.78 is 33.4. The van der Waals surface area contributed by atoms with E-state index < -0.39 is 10.0 Å². The maximum absolute atomic E-state index is 13.0.